The van der Waals surface area contributed by atoms with Crippen LogP contribution in [-0.4, -0.2) is 9.97 Å². The van der Waals surface area contributed by atoms with Gasteiger partial charge < -0.3 is 23.4 Å². The van der Waals surface area contributed by atoms with Gasteiger partial charge in [0.1, 0.15) is 11.0 Å². The van der Waals surface area contributed by atoms with E-state index in [2.05, 4.69) is 121 Å². The van der Waals surface area contributed by atoms with E-state index in [0.717, 1.165) is 89.7 Å². The molecule has 2 aromatic heterocycles. The van der Waals surface area contributed by atoms with E-state index >= 15 is 0 Å². The summed E-state index contributed by atoms with van der Waals surface area (Å²) in [6.45, 7) is 4.62. The van der Waals surface area contributed by atoms with E-state index in [-0.39, 0.29) is 5.41 Å². The molecule has 8 aromatic carbocycles. The van der Waals surface area contributed by atoms with Gasteiger partial charge in [-0.3, -0.25) is 0 Å². The Hall–Kier alpha value is -7.64. The second kappa shape index (κ2) is 12.2. The molecule has 2 aliphatic rings. The van der Waals surface area contributed by atoms with Gasteiger partial charge in [0.05, 0.1) is 34.1 Å². The van der Waals surface area contributed by atoms with Gasteiger partial charge in [0.2, 0.25) is 11.8 Å². The van der Waals surface area contributed by atoms with Gasteiger partial charge in [-0.2, -0.15) is 0 Å². The SMILES string of the molecule is CC1(C)c2ccccc2N(c2cc(-c3nc4ccccc4o3)cc3c(N4c5ccccc5Oc5ccccc54)cc(-c4nc5ccccc5o4)cc23)c2ccccc21. The number of anilines is 6. The fourth-order valence-electron chi connectivity index (χ4n) is 8.92. The van der Waals surface area contributed by atoms with Crippen molar-refractivity contribution in [3.63, 3.8) is 0 Å². The van der Waals surface area contributed by atoms with Crippen molar-refractivity contribution in [2.45, 2.75) is 19.3 Å². The lowest BCUT2D eigenvalue weighted by Crippen LogP contribution is -2.30. The Morgan fingerprint density at radius 1 is 0.414 bits per heavy atom. The molecule has 2 aliphatic heterocycles. The van der Waals surface area contributed by atoms with E-state index in [1.165, 1.54) is 11.1 Å². The summed E-state index contributed by atoms with van der Waals surface area (Å²) in [6.07, 6.45) is 0. The van der Waals surface area contributed by atoms with Crippen molar-refractivity contribution < 1.29 is 13.6 Å². The van der Waals surface area contributed by atoms with Crippen LogP contribution < -0.4 is 14.5 Å². The number of oxazole rings is 2. The zero-order valence-corrected chi connectivity index (χ0v) is 31.7. The third kappa shape index (κ3) is 4.80. The molecule has 0 atom stereocenters. The molecule has 0 saturated heterocycles. The molecule has 7 nitrogen and oxygen atoms in total. The Balaban J connectivity index is 1.24. The van der Waals surface area contributed by atoms with Crippen molar-refractivity contribution in [3.8, 4) is 34.4 Å². The van der Waals surface area contributed by atoms with Gasteiger partial charge in [0.25, 0.3) is 0 Å². The smallest absolute Gasteiger partial charge is 0.227 e. The van der Waals surface area contributed by atoms with E-state index in [4.69, 9.17) is 23.5 Å². The van der Waals surface area contributed by atoms with E-state index in [9.17, 15) is 0 Å². The van der Waals surface area contributed by atoms with Crippen molar-refractivity contribution in [1.82, 2.24) is 9.97 Å². The second-order valence-electron chi connectivity index (χ2n) is 15.4. The van der Waals surface area contributed by atoms with E-state index in [1.54, 1.807) is 0 Å². The number of ether oxygens (including phenoxy) is 1. The Bertz CT molecular complexity index is 3130. The summed E-state index contributed by atoms with van der Waals surface area (Å²) in [6, 6.07) is 58.5. The van der Waals surface area contributed by atoms with Crippen LogP contribution in [0.2, 0.25) is 0 Å². The first kappa shape index (κ1) is 32.6. The Labute approximate surface area is 334 Å². The summed E-state index contributed by atoms with van der Waals surface area (Å²) < 4.78 is 19.6. The first-order chi connectivity index (χ1) is 28.5. The molecule has 0 amide bonds. The Kier molecular flexibility index (Phi) is 6.84. The second-order valence-corrected chi connectivity index (χ2v) is 15.4. The highest BCUT2D eigenvalue weighted by molar-refractivity contribution is 6.12. The first-order valence-electron chi connectivity index (χ1n) is 19.5. The molecule has 0 radical (unpaired) electrons. The molecular formula is C51H34N4O3. The third-order valence-electron chi connectivity index (χ3n) is 11.7. The molecule has 7 heteroatoms. The largest absolute Gasteiger partial charge is 0.453 e. The summed E-state index contributed by atoms with van der Waals surface area (Å²) in [5.41, 5.74) is 12.9. The molecule has 12 rings (SSSR count). The molecule has 0 spiro atoms. The summed E-state index contributed by atoms with van der Waals surface area (Å²) in [7, 11) is 0. The molecule has 276 valence electrons. The lowest BCUT2D eigenvalue weighted by Gasteiger charge is -2.42. The van der Waals surface area contributed by atoms with Crippen molar-refractivity contribution in [2.24, 2.45) is 0 Å². The summed E-state index contributed by atoms with van der Waals surface area (Å²) in [5.74, 6) is 2.60. The van der Waals surface area contributed by atoms with Crippen LogP contribution in [0, 0.1) is 0 Å². The van der Waals surface area contributed by atoms with Crippen LogP contribution in [0.25, 0.3) is 55.9 Å². The van der Waals surface area contributed by atoms with Gasteiger partial charge in [-0.05, 0) is 96.1 Å². The molecule has 0 unspecified atom stereocenters. The highest BCUT2D eigenvalue weighted by Crippen LogP contribution is 2.57. The lowest BCUT2D eigenvalue weighted by molar-refractivity contribution is 0.477. The quantitative estimate of drug-likeness (QED) is 0.177. The minimum Gasteiger partial charge on any atom is -0.453 e. The van der Waals surface area contributed by atoms with Crippen LogP contribution in [0.15, 0.2) is 179 Å². The predicted molar refractivity (Wildman–Crippen MR) is 232 cm³/mol. The van der Waals surface area contributed by atoms with Crippen LogP contribution in [0.3, 0.4) is 0 Å². The zero-order valence-electron chi connectivity index (χ0n) is 31.7. The van der Waals surface area contributed by atoms with Crippen molar-refractivity contribution >= 4 is 67.1 Å². The minimum atomic E-state index is -0.243. The van der Waals surface area contributed by atoms with Crippen LogP contribution in [0.1, 0.15) is 25.0 Å². The lowest BCUT2D eigenvalue weighted by atomic mass is 9.73. The standard InChI is InChI=1S/C51H34N4O3/c1-51(2)35-15-3-7-19-39(35)54(40-20-8-4-16-36(40)51)43-29-31(49-52-37-17-5-11-23-45(37)57-49)28-34-33(43)27-32(50-53-38-18-6-12-24-46(38)58-50)30-44(34)55-41-21-9-13-25-47(41)56-48-26-14-10-22-42(48)55/h3-30H,1-2H3. The number of benzene rings is 8. The molecule has 10 aromatic rings. The van der Waals surface area contributed by atoms with Crippen molar-refractivity contribution in [1.29, 1.82) is 0 Å². The third-order valence-corrected chi connectivity index (χ3v) is 11.7. The van der Waals surface area contributed by atoms with Gasteiger partial charge in [0, 0.05) is 27.3 Å². The minimum absolute atomic E-state index is 0.243. The van der Waals surface area contributed by atoms with Gasteiger partial charge in [-0.1, -0.05) is 98.8 Å². The average Bonchev–Trinajstić information content (AvgIpc) is 3.91. The average molecular weight is 751 g/mol. The maximum absolute atomic E-state index is 6.55. The number of aromatic nitrogens is 2. The molecular weight excluding hydrogens is 717 g/mol. The number of para-hydroxylation sites is 10. The fourth-order valence-corrected chi connectivity index (χ4v) is 8.92. The molecule has 0 saturated carbocycles. The first-order valence-corrected chi connectivity index (χ1v) is 19.5. The molecule has 0 N–H and O–H groups in total. The van der Waals surface area contributed by atoms with Crippen LogP contribution in [0.5, 0.6) is 11.5 Å². The highest BCUT2D eigenvalue weighted by atomic mass is 16.5. The maximum Gasteiger partial charge on any atom is 0.227 e. The maximum atomic E-state index is 6.55. The van der Waals surface area contributed by atoms with Crippen LogP contribution in [0.4, 0.5) is 34.1 Å². The number of fused-ring (bicyclic) bond motifs is 7. The summed E-state index contributed by atoms with van der Waals surface area (Å²) >= 11 is 0. The van der Waals surface area contributed by atoms with Gasteiger partial charge >= 0.3 is 0 Å². The summed E-state index contributed by atoms with van der Waals surface area (Å²) in [4.78, 5) is 14.8. The molecule has 0 aliphatic carbocycles. The van der Waals surface area contributed by atoms with Gasteiger partial charge in [-0.25, -0.2) is 9.97 Å². The number of hydrogen-bond donors (Lipinski definition) is 0. The van der Waals surface area contributed by atoms with E-state index in [1.807, 2.05) is 72.8 Å². The highest BCUT2D eigenvalue weighted by Gasteiger charge is 2.38. The fraction of sp³-hybridized carbons (Fsp3) is 0.0588. The van der Waals surface area contributed by atoms with Crippen LogP contribution in [-0.2, 0) is 5.41 Å². The Morgan fingerprint density at radius 3 is 1.29 bits per heavy atom. The summed E-state index contributed by atoms with van der Waals surface area (Å²) in [5, 5.41) is 1.99. The topological polar surface area (TPSA) is 67.8 Å². The number of rotatable bonds is 4. The Morgan fingerprint density at radius 2 is 0.810 bits per heavy atom. The van der Waals surface area contributed by atoms with Crippen molar-refractivity contribution in [2.75, 3.05) is 9.80 Å². The number of nitrogens with zero attached hydrogens (tertiary/aromatic N) is 4. The molecule has 58 heavy (non-hydrogen) atoms. The molecule has 0 bridgehead atoms. The van der Waals surface area contributed by atoms with Gasteiger partial charge in [0.15, 0.2) is 22.7 Å². The van der Waals surface area contributed by atoms with E-state index in [0.29, 0.717) is 11.8 Å². The zero-order chi connectivity index (χ0) is 38.5. The monoisotopic (exact) mass is 750 g/mol. The van der Waals surface area contributed by atoms with Crippen molar-refractivity contribution in [3.05, 3.63) is 181 Å². The predicted octanol–water partition coefficient (Wildman–Crippen LogP) is 14.1. The molecule has 4 heterocycles. The van der Waals surface area contributed by atoms with Crippen LogP contribution >= 0.6 is 0 Å². The van der Waals surface area contributed by atoms with E-state index < -0.39 is 0 Å². The van der Waals surface area contributed by atoms with Gasteiger partial charge in [-0.15, -0.1) is 0 Å². The molecule has 0 fully saturated rings. The number of hydrogen-bond acceptors (Lipinski definition) is 7. The normalized spacial score (nSPS) is 13.9.